The number of nitrogens with zero attached hydrogens (tertiary/aromatic N) is 3. The fourth-order valence-corrected chi connectivity index (χ4v) is 4.68. The molecule has 1 atom stereocenters. The molecule has 0 fully saturated rings. The van der Waals surface area contributed by atoms with Gasteiger partial charge in [-0.2, -0.15) is 0 Å². The molecule has 2 aromatic carbocycles. The lowest BCUT2D eigenvalue weighted by Crippen LogP contribution is -2.39. The largest absolute Gasteiger partial charge is 0.463 e. The number of carbonyl (C=O) groups is 1. The third-order valence-corrected chi connectivity index (χ3v) is 6.06. The van der Waals surface area contributed by atoms with Crippen LogP contribution in [0.4, 0.5) is 10.1 Å². The Kier molecular flexibility index (Phi) is 6.01. The monoisotopic (exact) mass is 467 g/mol. The van der Waals surface area contributed by atoms with E-state index >= 15 is 0 Å². The lowest BCUT2D eigenvalue weighted by molar-refractivity contribution is -0.384. The summed E-state index contributed by atoms with van der Waals surface area (Å²) >= 11 is 1.10. The minimum absolute atomic E-state index is 0.0962. The van der Waals surface area contributed by atoms with Gasteiger partial charge in [-0.3, -0.25) is 19.5 Å². The number of thiazole rings is 1. The van der Waals surface area contributed by atoms with Crippen LogP contribution in [0, 0.1) is 15.9 Å². The predicted octanol–water partition coefficient (Wildman–Crippen LogP) is 2.85. The number of non-ortho nitro benzene ring substituents is 1. The zero-order valence-electron chi connectivity index (χ0n) is 17.6. The number of fused-ring (bicyclic) bond motifs is 1. The van der Waals surface area contributed by atoms with Crippen LogP contribution in [-0.2, 0) is 9.53 Å². The lowest BCUT2D eigenvalue weighted by Gasteiger charge is -2.24. The van der Waals surface area contributed by atoms with Crippen LogP contribution in [0.3, 0.4) is 0 Å². The Morgan fingerprint density at radius 3 is 2.70 bits per heavy atom. The summed E-state index contributed by atoms with van der Waals surface area (Å²) in [4.78, 5) is 41.6. The molecule has 0 aliphatic carbocycles. The molecule has 1 aliphatic heterocycles. The van der Waals surface area contributed by atoms with E-state index in [1.165, 1.54) is 47.0 Å². The van der Waals surface area contributed by atoms with Gasteiger partial charge in [-0.25, -0.2) is 14.2 Å². The molecule has 10 heteroatoms. The van der Waals surface area contributed by atoms with Crippen molar-refractivity contribution in [1.82, 2.24) is 4.57 Å². The summed E-state index contributed by atoms with van der Waals surface area (Å²) in [5, 5.41) is 11.1. The molecule has 4 rings (SSSR count). The molecule has 0 amide bonds. The van der Waals surface area contributed by atoms with E-state index in [2.05, 4.69) is 4.99 Å². The second-order valence-electron chi connectivity index (χ2n) is 7.21. The average molecular weight is 467 g/mol. The molecule has 0 radical (unpaired) electrons. The Morgan fingerprint density at radius 1 is 1.30 bits per heavy atom. The van der Waals surface area contributed by atoms with Crippen LogP contribution in [0.1, 0.15) is 31.0 Å². The van der Waals surface area contributed by atoms with E-state index in [1.807, 2.05) is 0 Å². The molecule has 3 aromatic rings. The Labute approximate surface area is 190 Å². The Bertz CT molecular complexity index is 1470. The number of hydrogen-bond acceptors (Lipinski definition) is 7. The SMILES string of the molecule is CCOC(=O)C1=C(C)N=c2s/c(=C/c3cccc([N+](=O)[O-])c3)c(=O)n2C1c1ccc(F)cc1. The maximum Gasteiger partial charge on any atom is 0.338 e. The number of halogens is 1. The molecule has 0 saturated carbocycles. The van der Waals surface area contributed by atoms with E-state index in [0.29, 0.717) is 26.2 Å². The first-order valence-corrected chi connectivity index (χ1v) is 10.8. The van der Waals surface area contributed by atoms with E-state index in [4.69, 9.17) is 4.74 Å². The van der Waals surface area contributed by atoms with Gasteiger partial charge in [0, 0.05) is 12.1 Å². The number of benzene rings is 2. The van der Waals surface area contributed by atoms with Crippen LogP contribution in [0.2, 0.25) is 0 Å². The van der Waals surface area contributed by atoms with E-state index in [-0.39, 0.29) is 17.9 Å². The van der Waals surface area contributed by atoms with Crippen LogP contribution >= 0.6 is 11.3 Å². The average Bonchev–Trinajstić information content (AvgIpc) is 3.08. The van der Waals surface area contributed by atoms with Gasteiger partial charge in [0.15, 0.2) is 4.80 Å². The van der Waals surface area contributed by atoms with Crippen molar-refractivity contribution < 1.29 is 18.8 Å². The number of allylic oxidation sites excluding steroid dienone is 1. The van der Waals surface area contributed by atoms with Gasteiger partial charge in [-0.1, -0.05) is 35.6 Å². The molecule has 0 bridgehead atoms. The molecule has 0 saturated heterocycles. The molecular weight excluding hydrogens is 449 g/mol. The van der Waals surface area contributed by atoms with Crippen molar-refractivity contribution in [3.05, 3.63) is 107 Å². The Balaban J connectivity index is 1.94. The first-order valence-electron chi connectivity index (χ1n) is 9.99. The molecule has 8 nitrogen and oxygen atoms in total. The van der Waals surface area contributed by atoms with Crippen molar-refractivity contribution in [3.63, 3.8) is 0 Å². The number of nitro benzene ring substituents is 1. The minimum Gasteiger partial charge on any atom is -0.463 e. The standard InChI is InChI=1S/C23H18FN3O5S/c1-3-32-22(29)19-13(2)25-23-26(20(19)15-7-9-16(24)10-8-15)21(28)18(33-23)12-14-5-4-6-17(11-14)27(30)31/h4-12,20H,3H2,1-2H3/b18-12+. The maximum absolute atomic E-state index is 13.6. The summed E-state index contributed by atoms with van der Waals surface area (Å²) in [5.41, 5.74) is 1.07. The highest BCUT2D eigenvalue weighted by molar-refractivity contribution is 7.07. The van der Waals surface area contributed by atoms with Gasteiger partial charge in [0.05, 0.1) is 33.4 Å². The smallest absolute Gasteiger partial charge is 0.338 e. The second-order valence-corrected chi connectivity index (χ2v) is 8.22. The zero-order chi connectivity index (χ0) is 23.7. The van der Waals surface area contributed by atoms with E-state index in [9.17, 15) is 24.1 Å². The van der Waals surface area contributed by atoms with Gasteiger partial charge in [0.2, 0.25) is 0 Å². The topological polar surface area (TPSA) is 104 Å². The van der Waals surface area contributed by atoms with Gasteiger partial charge in [-0.05, 0) is 43.2 Å². The fourth-order valence-electron chi connectivity index (χ4n) is 3.63. The van der Waals surface area contributed by atoms with Crippen LogP contribution in [-0.4, -0.2) is 22.1 Å². The van der Waals surface area contributed by atoms with Gasteiger partial charge >= 0.3 is 5.97 Å². The van der Waals surface area contributed by atoms with Gasteiger partial charge in [0.1, 0.15) is 5.82 Å². The van der Waals surface area contributed by atoms with Crippen molar-refractivity contribution in [2.45, 2.75) is 19.9 Å². The first kappa shape index (κ1) is 22.3. The number of ether oxygens (including phenoxy) is 1. The Hall–Kier alpha value is -3.92. The highest BCUT2D eigenvalue weighted by Crippen LogP contribution is 2.30. The molecule has 33 heavy (non-hydrogen) atoms. The van der Waals surface area contributed by atoms with Gasteiger partial charge < -0.3 is 4.74 Å². The quantitative estimate of drug-likeness (QED) is 0.326. The predicted molar refractivity (Wildman–Crippen MR) is 120 cm³/mol. The van der Waals surface area contributed by atoms with Crippen molar-refractivity contribution in [1.29, 1.82) is 0 Å². The number of esters is 1. The number of carbonyl (C=O) groups excluding carboxylic acids is 1. The third-order valence-electron chi connectivity index (χ3n) is 5.08. The lowest BCUT2D eigenvalue weighted by atomic mass is 9.96. The summed E-state index contributed by atoms with van der Waals surface area (Å²) in [7, 11) is 0. The zero-order valence-corrected chi connectivity index (χ0v) is 18.5. The van der Waals surface area contributed by atoms with Crippen LogP contribution in [0.25, 0.3) is 6.08 Å². The molecule has 168 valence electrons. The molecular formula is C23H18FN3O5S. The molecule has 1 unspecified atom stereocenters. The van der Waals surface area contributed by atoms with E-state index in [0.717, 1.165) is 11.3 Å². The van der Waals surface area contributed by atoms with Crippen molar-refractivity contribution in [2.75, 3.05) is 6.61 Å². The summed E-state index contributed by atoms with van der Waals surface area (Å²) < 4.78 is 20.4. The number of nitro groups is 1. The molecule has 0 N–H and O–H groups in total. The molecule has 0 spiro atoms. The molecule has 1 aliphatic rings. The highest BCUT2D eigenvalue weighted by Gasteiger charge is 2.33. The molecule has 2 heterocycles. The summed E-state index contributed by atoms with van der Waals surface area (Å²) in [6.07, 6.45) is 1.54. The normalized spacial score (nSPS) is 15.7. The van der Waals surface area contributed by atoms with Crippen molar-refractivity contribution in [3.8, 4) is 0 Å². The van der Waals surface area contributed by atoms with E-state index in [1.54, 1.807) is 26.0 Å². The second kappa shape index (κ2) is 8.91. The number of aromatic nitrogens is 1. The highest BCUT2D eigenvalue weighted by atomic mass is 32.1. The minimum atomic E-state index is -0.854. The van der Waals surface area contributed by atoms with Crippen molar-refractivity contribution in [2.24, 2.45) is 4.99 Å². The summed E-state index contributed by atoms with van der Waals surface area (Å²) in [6, 6.07) is 10.6. The Morgan fingerprint density at radius 2 is 2.03 bits per heavy atom. The molecule has 1 aromatic heterocycles. The fraction of sp³-hybridized carbons (Fsp3) is 0.174. The third kappa shape index (κ3) is 4.24. The van der Waals surface area contributed by atoms with E-state index < -0.39 is 28.3 Å². The van der Waals surface area contributed by atoms with Crippen molar-refractivity contribution >= 4 is 29.1 Å². The van der Waals surface area contributed by atoms with Gasteiger partial charge in [-0.15, -0.1) is 0 Å². The number of hydrogen-bond donors (Lipinski definition) is 0. The first-order chi connectivity index (χ1) is 15.8. The number of rotatable bonds is 5. The van der Waals surface area contributed by atoms with Crippen LogP contribution in [0.15, 0.2) is 69.6 Å². The van der Waals surface area contributed by atoms with Crippen LogP contribution in [0.5, 0.6) is 0 Å². The van der Waals surface area contributed by atoms with Gasteiger partial charge in [0.25, 0.3) is 11.2 Å². The summed E-state index contributed by atoms with van der Waals surface area (Å²) in [5.74, 6) is -1.06. The maximum atomic E-state index is 13.6. The van der Waals surface area contributed by atoms with Crippen LogP contribution < -0.4 is 14.9 Å². The summed E-state index contributed by atoms with van der Waals surface area (Å²) in [6.45, 7) is 3.47.